The largest absolute Gasteiger partial charge is 0.452 e. The van der Waals surface area contributed by atoms with Gasteiger partial charge in [-0.25, -0.2) is 8.78 Å². The fourth-order valence-electron chi connectivity index (χ4n) is 1.45. The van der Waals surface area contributed by atoms with Gasteiger partial charge < -0.3 is 10.2 Å². The summed E-state index contributed by atoms with van der Waals surface area (Å²) in [5.74, 6) is -1.06. The van der Waals surface area contributed by atoms with Gasteiger partial charge >= 0.3 is 0 Å². The van der Waals surface area contributed by atoms with E-state index in [1.165, 1.54) is 6.07 Å². The molecule has 0 saturated carbocycles. The van der Waals surface area contributed by atoms with Crippen molar-refractivity contribution < 1.29 is 13.2 Å². The van der Waals surface area contributed by atoms with Crippen molar-refractivity contribution in [3.05, 3.63) is 58.0 Å². The monoisotopic (exact) mass is 287 g/mol. The van der Waals surface area contributed by atoms with Crippen molar-refractivity contribution in [3.8, 4) is 0 Å². The minimum atomic E-state index is -0.951. The fraction of sp³-hybridized carbons (Fsp3) is 0.0909. The molecule has 1 unspecified atom stereocenters. The second kappa shape index (κ2) is 4.35. The molecule has 2 rings (SSSR count). The van der Waals surface area contributed by atoms with Crippen molar-refractivity contribution in [1.82, 2.24) is 0 Å². The van der Waals surface area contributed by atoms with E-state index in [9.17, 15) is 8.78 Å². The summed E-state index contributed by atoms with van der Waals surface area (Å²) < 4.78 is 32.5. The third-order valence-corrected chi connectivity index (χ3v) is 2.64. The van der Waals surface area contributed by atoms with Crippen LogP contribution in [-0.2, 0) is 0 Å². The minimum absolute atomic E-state index is 0.190. The van der Waals surface area contributed by atoms with Gasteiger partial charge in [0.1, 0.15) is 17.4 Å². The Bertz CT molecular complexity index is 492. The highest BCUT2D eigenvalue weighted by molar-refractivity contribution is 9.10. The maximum Gasteiger partial charge on any atom is 0.169 e. The van der Waals surface area contributed by atoms with Crippen LogP contribution in [0.1, 0.15) is 17.4 Å². The topological polar surface area (TPSA) is 39.2 Å². The van der Waals surface area contributed by atoms with Crippen LogP contribution in [0.5, 0.6) is 0 Å². The Hall–Kier alpha value is -1.20. The Balaban J connectivity index is 2.45. The lowest BCUT2D eigenvalue weighted by Crippen LogP contribution is -2.14. The van der Waals surface area contributed by atoms with Gasteiger partial charge in [0.2, 0.25) is 0 Å². The molecule has 2 nitrogen and oxygen atoms in total. The van der Waals surface area contributed by atoms with Crippen LogP contribution >= 0.6 is 15.9 Å². The number of rotatable bonds is 2. The van der Waals surface area contributed by atoms with Crippen molar-refractivity contribution in [1.29, 1.82) is 0 Å². The summed E-state index contributed by atoms with van der Waals surface area (Å²) in [4.78, 5) is 0. The number of furan rings is 1. The van der Waals surface area contributed by atoms with Crippen molar-refractivity contribution >= 4 is 15.9 Å². The second-order valence-corrected chi connectivity index (χ2v) is 4.04. The third-order valence-electron chi connectivity index (χ3n) is 2.21. The molecule has 2 N–H and O–H groups in total. The average molecular weight is 288 g/mol. The third kappa shape index (κ3) is 2.01. The molecule has 2 aromatic rings. The highest BCUT2D eigenvalue weighted by atomic mass is 79.9. The number of hydrogen-bond acceptors (Lipinski definition) is 2. The van der Waals surface area contributed by atoms with E-state index >= 15 is 0 Å². The van der Waals surface area contributed by atoms with Gasteiger partial charge in [0.05, 0.1) is 6.04 Å². The van der Waals surface area contributed by atoms with Crippen LogP contribution in [0.25, 0.3) is 0 Å². The molecule has 1 aromatic heterocycles. The van der Waals surface area contributed by atoms with Gasteiger partial charge in [0.25, 0.3) is 0 Å². The molecular formula is C11H8BrF2NO. The molecule has 0 aliphatic rings. The summed E-state index contributed by atoms with van der Waals surface area (Å²) in [5, 5.41) is 0. The van der Waals surface area contributed by atoms with Crippen molar-refractivity contribution in [2.75, 3.05) is 0 Å². The van der Waals surface area contributed by atoms with Gasteiger partial charge in [0, 0.05) is 5.56 Å². The zero-order chi connectivity index (χ0) is 11.7. The number of nitrogens with two attached hydrogens (primary N) is 1. The Morgan fingerprint density at radius 2 is 1.75 bits per heavy atom. The molecule has 0 radical (unpaired) electrons. The Morgan fingerprint density at radius 1 is 1.12 bits per heavy atom. The lowest BCUT2D eigenvalue weighted by atomic mass is 10.0. The van der Waals surface area contributed by atoms with E-state index in [-0.39, 0.29) is 5.56 Å². The van der Waals surface area contributed by atoms with Gasteiger partial charge in [-0.05, 0) is 40.2 Å². The molecule has 1 heterocycles. The average Bonchev–Trinajstić information content (AvgIpc) is 2.64. The number of benzene rings is 1. The first-order valence-electron chi connectivity index (χ1n) is 4.54. The zero-order valence-electron chi connectivity index (χ0n) is 8.08. The van der Waals surface area contributed by atoms with Crippen LogP contribution in [0.4, 0.5) is 8.78 Å². The van der Waals surface area contributed by atoms with Crippen LogP contribution in [-0.4, -0.2) is 0 Å². The number of hydrogen-bond donors (Lipinski definition) is 1. The molecule has 0 aliphatic heterocycles. The molecule has 0 aliphatic carbocycles. The van der Waals surface area contributed by atoms with E-state index in [0.29, 0.717) is 10.4 Å². The predicted octanol–water partition coefficient (Wildman–Crippen LogP) is 3.37. The van der Waals surface area contributed by atoms with Gasteiger partial charge in [-0.15, -0.1) is 0 Å². The summed E-state index contributed by atoms with van der Waals surface area (Å²) in [6.07, 6.45) is 0. The molecule has 0 saturated heterocycles. The van der Waals surface area contributed by atoms with E-state index in [1.807, 2.05) is 0 Å². The van der Waals surface area contributed by atoms with Gasteiger partial charge in [-0.1, -0.05) is 6.07 Å². The summed E-state index contributed by atoms with van der Waals surface area (Å²) in [5.41, 5.74) is 5.55. The first-order valence-corrected chi connectivity index (χ1v) is 5.33. The van der Waals surface area contributed by atoms with E-state index < -0.39 is 17.7 Å². The quantitative estimate of drug-likeness (QED) is 0.920. The lowest BCUT2D eigenvalue weighted by molar-refractivity contribution is 0.452. The Morgan fingerprint density at radius 3 is 2.25 bits per heavy atom. The Labute approximate surface area is 99.2 Å². The molecule has 0 fully saturated rings. The van der Waals surface area contributed by atoms with E-state index in [1.54, 1.807) is 12.1 Å². The van der Waals surface area contributed by atoms with Crippen molar-refractivity contribution in [2.45, 2.75) is 6.04 Å². The molecular weight excluding hydrogens is 280 g/mol. The SMILES string of the molecule is NC(c1ccc(Br)o1)c1c(F)cccc1F. The van der Waals surface area contributed by atoms with Crippen molar-refractivity contribution in [3.63, 3.8) is 0 Å². The summed E-state index contributed by atoms with van der Waals surface area (Å²) in [7, 11) is 0. The highest BCUT2D eigenvalue weighted by Crippen LogP contribution is 2.27. The normalized spacial score (nSPS) is 12.8. The number of halogens is 3. The predicted molar refractivity (Wildman–Crippen MR) is 58.8 cm³/mol. The molecule has 0 bridgehead atoms. The summed E-state index contributed by atoms with van der Waals surface area (Å²) in [6.45, 7) is 0. The smallest absolute Gasteiger partial charge is 0.169 e. The fourth-order valence-corrected chi connectivity index (χ4v) is 1.76. The van der Waals surface area contributed by atoms with E-state index in [0.717, 1.165) is 12.1 Å². The van der Waals surface area contributed by atoms with Crippen LogP contribution in [0.3, 0.4) is 0 Å². The van der Waals surface area contributed by atoms with Crippen molar-refractivity contribution in [2.24, 2.45) is 5.73 Å². The Kier molecular flexibility index (Phi) is 3.07. The van der Waals surface area contributed by atoms with Crippen LogP contribution in [0.2, 0.25) is 0 Å². The highest BCUT2D eigenvalue weighted by Gasteiger charge is 2.20. The first-order chi connectivity index (χ1) is 7.59. The van der Waals surface area contributed by atoms with E-state index in [2.05, 4.69) is 15.9 Å². The molecule has 0 spiro atoms. The minimum Gasteiger partial charge on any atom is -0.452 e. The van der Waals surface area contributed by atoms with Gasteiger partial charge in [-0.3, -0.25) is 0 Å². The molecule has 84 valence electrons. The van der Waals surface area contributed by atoms with Crippen LogP contribution < -0.4 is 5.73 Å². The molecule has 0 amide bonds. The van der Waals surface area contributed by atoms with Gasteiger partial charge in [-0.2, -0.15) is 0 Å². The standard InChI is InChI=1S/C11H8BrF2NO/c12-9-5-4-8(16-9)11(15)10-6(13)2-1-3-7(10)14/h1-5,11H,15H2. The lowest BCUT2D eigenvalue weighted by Gasteiger charge is -2.11. The molecule has 16 heavy (non-hydrogen) atoms. The van der Waals surface area contributed by atoms with Crippen LogP contribution in [0.15, 0.2) is 39.4 Å². The van der Waals surface area contributed by atoms with E-state index in [4.69, 9.17) is 10.2 Å². The first kappa shape index (κ1) is 11.3. The summed E-state index contributed by atoms with van der Waals surface area (Å²) in [6, 6.07) is 5.85. The molecule has 1 aromatic carbocycles. The zero-order valence-corrected chi connectivity index (χ0v) is 9.67. The molecule has 5 heteroatoms. The maximum absolute atomic E-state index is 13.4. The second-order valence-electron chi connectivity index (χ2n) is 3.25. The van der Waals surface area contributed by atoms with Crippen LogP contribution in [0, 0.1) is 11.6 Å². The summed E-state index contributed by atoms with van der Waals surface area (Å²) >= 11 is 3.10. The molecule has 1 atom stereocenters. The van der Waals surface area contributed by atoms with Gasteiger partial charge in [0.15, 0.2) is 4.67 Å². The maximum atomic E-state index is 13.4.